The van der Waals surface area contributed by atoms with E-state index < -0.39 is 0 Å². The van der Waals surface area contributed by atoms with Crippen molar-refractivity contribution in [2.24, 2.45) is 7.05 Å². The van der Waals surface area contributed by atoms with Crippen molar-refractivity contribution in [3.8, 4) is 17.2 Å². The largest absolute Gasteiger partial charge is 0.493 e. The van der Waals surface area contributed by atoms with Crippen molar-refractivity contribution < 1.29 is 14.3 Å². The highest BCUT2D eigenvalue weighted by molar-refractivity contribution is 5.95. The number of methoxy groups -OCH3 is 1. The monoisotopic (exact) mass is 436 g/mol. The van der Waals surface area contributed by atoms with Gasteiger partial charge in [-0.1, -0.05) is 19.1 Å². The van der Waals surface area contributed by atoms with Crippen molar-refractivity contribution >= 4 is 17.3 Å². The Bertz CT molecular complexity index is 1170. The van der Waals surface area contributed by atoms with Crippen LogP contribution in [0.5, 0.6) is 17.2 Å². The molecular weight excluding hydrogens is 408 g/mol. The number of nitrogens with zero attached hydrogens (tertiary/aromatic N) is 2. The summed E-state index contributed by atoms with van der Waals surface area (Å²) in [6.45, 7) is 5.90. The zero-order valence-electron chi connectivity index (χ0n) is 18.9. The minimum atomic E-state index is -0.372. The van der Waals surface area contributed by atoms with E-state index in [1.54, 1.807) is 44.5 Å². The summed E-state index contributed by atoms with van der Waals surface area (Å²) in [5.41, 5.74) is 1.91. The Kier molecular flexibility index (Phi) is 7.14. The number of carbonyl (C=O) groups is 1. The lowest BCUT2D eigenvalue weighted by Crippen LogP contribution is -2.31. The number of aryl methyl sites for hydroxylation is 2. The molecule has 0 unspecified atom stereocenters. The van der Waals surface area contributed by atoms with Crippen molar-refractivity contribution in [3.63, 3.8) is 0 Å². The van der Waals surface area contributed by atoms with Crippen LogP contribution in [0.15, 0.2) is 53.5 Å². The Morgan fingerprint density at radius 3 is 2.66 bits per heavy atom. The smallest absolute Gasteiger partial charge is 0.294 e. The lowest BCUT2D eigenvalue weighted by atomic mass is 10.1. The molecule has 0 saturated heterocycles. The van der Waals surface area contributed by atoms with Crippen LogP contribution in [-0.4, -0.2) is 28.8 Å². The predicted molar refractivity (Wildman–Crippen MR) is 124 cm³/mol. The highest BCUT2D eigenvalue weighted by atomic mass is 16.5. The molecule has 8 heteroatoms. The molecule has 0 fully saturated rings. The molecule has 0 radical (unpaired) electrons. The maximum atomic E-state index is 12.8. The zero-order chi connectivity index (χ0) is 23.3. The molecule has 1 aromatic heterocycles. The minimum absolute atomic E-state index is 0.0658. The molecule has 0 bridgehead atoms. The van der Waals surface area contributed by atoms with Crippen LogP contribution >= 0.6 is 0 Å². The first-order valence-corrected chi connectivity index (χ1v) is 10.4. The normalized spacial score (nSPS) is 11.5. The van der Waals surface area contributed by atoms with Gasteiger partial charge in [0.2, 0.25) is 0 Å². The standard InChI is InChI=1S/C24H28N4O4/c1-6-16(3)26-23(29)17-8-7-9-18(13-17)27-22-21(14-25-28(4)24(22)30)32-19-11-10-15(2)12-20(19)31-5/h7-14,16,27H,6H2,1-5H3,(H,26,29)/t16-/m0/s1. The molecule has 0 aliphatic rings. The molecule has 2 N–H and O–H groups in total. The van der Waals surface area contributed by atoms with Crippen molar-refractivity contribution in [2.45, 2.75) is 33.2 Å². The lowest BCUT2D eigenvalue weighted by Gasteiger charge is -2.16. The number of aromatic nitrogens is 2. The summed E-state index contributed by atoms with van der Waals surface area (Å²) in [5.74, 6) is 1.06. The third kappa shape index (κ3) is 5.26. The Hall–Kier alpha value is -3.81. The fourth-order valence-electron chi connectivity index (χ4n) is 2.98. The maximum Gasteiger partial charge on any atom is 0.294 e. The molecule has 0 aliphatic heterocycles. The molecule has 3 aromatic rings. The van der Waals surface area contributed by atoms with Crippen molar-refractivity contribution in [3.05, 3.63) is 70.1 Å². The molecule has 2 aromatic carbocycles. The van der Waals surface area contributed by atoms with Crippen LogP contribution in [0.25, 0.3) is 0 Å². The SMILES string of the molecule is CC[C@H](C)NC(=O)c1cccc(Nc2c(Oc3ccc(C)cc3OC)cnn(C)c2=O)c1. The van der Waals surface area contributed by atoms with Crippen molar-refractivity contribution in [1.82, 2.24) is 15.1 Å². The van der Waals surface area contributed by atoms with Gasteiger partial charge in [-0.15, -0.1) is 0 Å². The van der Waals surface area contributed by atoms with Crippen LogP contribution in [0.3, 0.4) is 0 Å². The fraction of sp³-hybridized carbons (Fsp3) is 0.292. The third-order valence-corrected chi connectivity index (χ3v) is 5.03. The molecule has 3 rings (SSSR count). The summed E-state index contributed by atoms with van der Waals surface area (Å²) >= 11 is 0. The molecule has 1 heterocycles. The van der Waals surface area contributed by atoms with E-state index in [0.717, 1.165) is 12.0 Å². The Morgan fingerprint density at radius 1 is 1.16 bits per heavy atom. The van der Waals surface area contributed by atoms with Gasteiger partial charge < -0.3 is 20.1 Å². The van der Waals surface area contributed by atoms with Gasteiger partial charge >= 0.3 is 0 Å². The van der Waals surface area contributed by atoms with Gasteiger partial charge in [0, 0.05) is 24.3 Å². The minimum Gasteiger partial charge on any atom is -0.493 e. The molecule has 0 saturated carbocycles. The van der Waals surface area contributed by atoms with Crippen LogP contribution < -0.4 is 25.7 Å². The number of nitrogens with one attached hydrogen (secondary N) is 2. The van der Waals surface area contributed by atoms with Crippen molar-refractivity contribution in [1.29, 1.82) is 0 Å². The van der Waals surface area contributed by atoms with Gasteiger partial charge in [-0.25, -0.2) is 4.68 Å². The van der Waals surface area contributed by atoms with Crippen LogP contribution in [0.2, 0.25) is 0 Å². The van der Waals surface area contributed by atoms with Gasteiger partial charge in [0.25, 0.3) is 11.5 Å². The van der Waals surface area contributed by atoms with Crippen LogP contribution in [0, 0.1) is 6.92 Å². The predicted octanol–water partition coefficient (Wildman–Crippen LogP) is 4.16. The summed E-state index contributed by atoms with van der Waals surface area (Å²) in [7, 11) is 3.11. The van der Waals surface area contributed by atoms with E-state index in [0.29, 0.717) is 22.7 Å². The van der Waals surface area contributed by atoms with Crippen LogP contribution in [0.4, 0.5) is 11.4 Å². The number of amides is 1. The van der Waals surface area contributed by atoms with Gasteiger partial charge in [-0.3, -0.25) is 9.59 Å². The summed E-state index contributed by atoms with van der Waals surface area (Å²) in [4.78, 5) is 25.3. The van der Waals surface area contributed by atoms with E-state index >= 15 is 0 Å². The van der Waals surface area contributed by atoms with Gasteiger partial charge in [0.05, 0.1) is 13.3 Å². The third-order valence-electron chi connectivity index (χ3n) is 5.03. The van der Waals surface area contributed by atoms with E-state index in [1.807, 2.05) is 32.9 Å². The van der Waals surface area contributed by atoms with Gasteiger partial charge in [0.15, 0.2) is 22.9 Å². The average molecular weight is 437 g/mol. The first-order chi connectivity index (χ1) is 15.3. The van der Waals surface area contributed by atoms with E-state index in [4.69, 9.17) is 9.47 Å². The lowest BCUT2D eigenvalue weighted by molar-refractivity contribution is 0.0939. The van der Waals surface area contributed by atoms with Gasteiger partial charge in [-0.05, 0) is 56.2 Å². The number of hydrogen-bond acceptors (Lipinski definition) is 6. The summed E-state index contributed by atoms with van der Waals surface area (Å²) in [6, 6.07) is 12.5. The number of benzene rings is 2. The van der Waals surface area contributed by atoms with Crippen molar-refractivity contribution in [2.75, 3.05) is 12.4 Å². The van der Waals surface area contributed by atoms with Gasteiger partial charge in [-0.2, -0.15) is 5.10 Å². The Balaban J connectivity index is 1.94. The second kappa shape index (κ2) is 10.00. The zero-order valence-corrected chi connectivity index (χ0v) is 18.9. The van der Waals surface area contributed by atoms with Crippen LogP contribution in [-0.2, 0) is 7.05 Å². The molecule has 0 spiro atoms. The summed E-state index contributed by atoms with van der Waals surface area (Å²) < 4.78 is 12.6. The quantitative estimate of drug-likeness (QED) is 0.551. The highest BCUT2D eigenvalue weighted by Gasteiger charge is 2.16. The van der Waals surface area contributed by atoms with E-state index in [9.17, 15) is 9.59 Å². The number of hydrogen-bond donors (Lipinski definition) is 2. The number of ether oxygens (including phenoxy) is 2. The molecule has 32 heavy (non-hydrogen) atoms. The number of anilines is 2. The summed E-state index contributed by atoms with van der Waals surface area (Å²) in [5, 5.41) is 10.1. The fourth-order valence-corrected chi connectivity index (χ4v) is 2.98. The van der Waals surface area contributed by atoms with Crippen LogP contribution in [0.1, 0.15) is 36.2 Å². The van der Waals surface area contributed by atoms with Gasteiger partial charge in [0.1, 0.15) is 0 Å². The summed E-state index contributed by atoms with van der Waals surface area (Å²) in [6.07, 6.45) is 2.29. The average Bonchev–Trinajstić information content (AvgIpc) is 2.79. The molecular formula is C24H28N4O4. The molecule has 8 nitrogen and oxygen atoms in total. The van der Waals surface area contributed by atoms with E-state index in [-0.39, 0.29) is 28.9 Å². The highest BCUT2D eigenvalue weighted by Crippen LogP contribution is 2.35. The topological polar surface area (TPSA) is 94.5 Å². The molecule has 168 valence electrons. The Morgan fingerprint density at radius 2 is 1.94 bits per heavy atom. The second-order valence-corrected chi connectivity index (χ2v) is 7.56. The first-order valence-electron chi connectivity index (χ1n) is 10.4. The second-order valence-electron chi connectivity index (χ2n) is 7.56. The molecule has 1 amide bonds. The van der Waals surface area contributed by atoms with E-state index in [1.165, 1.54) is 10.9 Å². The molecule has 1 atom stereocenters. The maximum absolute atomic E-state index is 12.8. The molecule has 0 aliphatic carbocycles. The Labute approximate surface area is 187 Å². The first kappa shape index (κ1) is 22.9. The number of rotatable bonds is 8. The number of carbonyl (C=O) groups excluding carboxylic acids is 1. The van der Waals surface area contributed by atoms with E-state index in [2.05, 4.69) is 15.7 Å².